The molecule has 1 aromatic heterocycles. The number of ether oxygens (including phenoxy) is 2. The van der Waals surface area contributed by atoms with Gasteiger partial charge in [-0.25, -0.2) is 8.42 Å². The topological polar surface area (TPSA) is 97.0 Å². The summed E-state index contributed by atoms with van der Waals surface area (Å²) in [6.07, 6.45) is 1.08. The first-order chi connectivity index (χ1) is 20.3. The van der Waals surface area contributed by atoms with Crippen molar-refractivity contribution in [2.24, 2.45) is 0 Å². The monoisotopic (exact) mass is 641 g/mol. The second-order valence-corrected chi connectivity index (χ2v) is 14.7. The number of nitrogens with one attached hydrogen (secondary N) is 2. The maximum atomic E-state index is 13.6. The zero-order chi connectivity index (χ0) is 30.9. The number of amides is 1. The fourth-order valence-electron chi connectivity index (χ4n) is 5.16. The lowest BCUT2D eigenvalue weighted by molar-refractivity contribution is 0.103. The molecule has 0 aliphatic carbocycles. The van der Waals surface area contributed by atoms with Crippen LogP contribution in [0.15, 0.2) is 60.7 Å². The number of hydrogen-bond donors (Lipinski definition) is 2. The Bertz CT molecular complexity index is 1760. The molecule has 4 aromatic rings. The highest BCUT2D eigenvalue weighted by molar-refractivity contribution is 7.92. The molecule has 1 fully saturated rings. The van der Waals surface area contributed by atoms with Crippen LogP contribution in [-0.2, 0) is 20.2 Å². The number of sulfonamides is 1. The first-order valence-corrected chi connectivity index (χ1v) is 17.2. The molecule has 3 aromatic carbocycles. The van der Waals surface area contributed by atoms with E-state index in [1.165, 1.54) is 11.3 Å². The van der Waals surface area contributed by atoms with Gasteiger partial charge in [0.15, 0.2) is 0 Å². The first kappa shape index (κ1) is 31.1. The molecule has 0 spiro atoms. The van der Waals surface area contributed by atoms with Gasteiger partial charge in [-0.3, -0.25) is 9.52 Å². The van der Waals surface area contributed by atoms with Gasteiger partial charge in [0.1, 0.15) is 10.6 Å². The molecule has 0 saturated carbocycles. The van der Waals surface area contributed by atoms with Crippen molar-refractivity contribution in [2.45, 2.75) is 39.2 Å². The maximum Gasteiger partial charge on any atom is 0.267 e. The van der Waals surface area contributed by atoms with Crippen molar-refractivity contribution in [1.82, 2.24) is 0 Å². The number of fused-ring (bicyclic) bond motifs is 1. The van der Waals surface area contributed by atoms with E-state index in [1.807, 2.05) is 38.1 Å². The van der Waals surface area contributed by atoms with Crippen molar-refractivity contribution < 1.29 is 22.7 Å². The van der Waals surface area contributed by atoms with Crippen LogP contribution in [0.3, 0.4) is 0 Å². The lowest BCUT2D eigenvalue weighted by atomic mass is 9.77. The molecule has 0 bridgehead atoms. The second-order valence-electron chi connectivity index (χ2n) is 11.5. The summed E-state index contributed by atoms with van der Waals surface area (Å²) in [5.41, 5.74) is 3.26. The van der Waals surface area contributed by atoms with Gasteiger partial charge >= 0.3 is 0 Å². The summed E-state index contributed by atoms with van der Waals surface area (Å²) in [5, 5.41) is 4.09. The Morgan fingerprint density at radius 2 is 1.74 bits per heavy atom. The van der Waals surface area contributed by atoms with Gasteiger partial charge in [0.05, 0.1) is 31.3 Å². The molecule has 228 valence electrons. The van der Waals surface area contributed by atoms with Gasteiger partial charge in [-0.05, 0) is 61.4 Å². The number of hydrogen-bond acceptors (Lipinski definition) is 7. The van der Waals surface area contributed by atoms with Crippen LogP contribution in [0, 0.1) is 0 Å². The zero-order valence-electron chi connectivity index (χ0n) is 24.9. The van der Waals surface area contributed by atoms with E-state index in [0.29, 0.717) is 29.3 Å². The summed E-state index contributed by atoms with van der Waals surface area (Å²) in [6, 6.07) is 19.1. The van der Waals surface area contributed by atoms with E-state index < -0.39 is 21.3 Å². The van der Waals surface area contributed by atoms with Crippen molar-refractivity contribution in [1.29, 1.82) is 0 Å². The predicted molar refractivity (Wildman–Crippen MR) is 177 cm³/mol. The number of carbonyl (C=O) groups excluding carboxylic acids is 1. The highest BCUT2D eigenvalue weighted by Gasteiger charge is 2.28. The molecule has 1 aliphatic heterocycles. The number of halogens is 1. The Morgan fingerprint density at radius 1 is 1.05 bits per heavy atom. The average Bonchev–Trinajstić information content (AvgIpc) is 3.29. The summed E-state index contributed by atoms with van der Waals surface area (Å²) in [4.78, 5) is 16.2. The zero-order valence-corrected chi connectivity index (χ0v) is 27.3. The third-order valence-electron chi connectivity index (χ3n) is 7.33. The van der Waals surface area contributed by atoms with Gasteiger partial charge in [-0.2, -0.15) is 0 Å². The number of morpholine rings is 1. The summed E-state index contributed by atoms with van der Waals surface area (Å²) in [5.74, 6) is 0.355. The fourth-order valence-corrected chi connectivity index (χ4v) is 7.09. The van der Waals surface area contributed by atoms with Gasteiger partial charge < -0.3 is 19.7 Å². The first-order valence-electron chi connectivity index (χ1n) is 14.1. The fraction of sp³-hybridized carbons (Fsp3) is 0.344. The third kappa shape index (κ3) is 7.26. The largest absolute Gasteiger partial charge is 0.491 e. The van der Waals surface area contributed by atoms with Crippen molar-refractivity contribution in [3.05, 3.63) is 81.7 Å². The molecular formula is C32H36ClN3O5S2. The van der Waals surface area contributed by atoms with E-state index in [4.69, 9.17) is 21.1 Å². The Hall–Kier alpha value is -3.31. The van der Waals surface area contributed by atoms with Gasteiger partial charge in [-0.15, -0.1) is 11.3 Å². The van der Waals surface area contributed by atoms with Crippen LogP contribution in [0.4, 0.5) is 17.1 Å². The molecule has 1 aliphatic rings. The maximum absolute atomic E-state index is 13.6. The van der Waals surface area contributed by atoms with Crippen LogP contribution in [0.1, 0.15) is 48.5 Å². The van der Waals surface area contributed by atoms with Crippen LogP contribution < -0.4 is 19.7 Å². The van der Waals surface area contributed by atoms with E-state index >= 15 is 0 Å². The Kier molecular flexibility index (Phi) is 8.94. The van der Waals surface area contributed by atoms with Crippen LogP contribution >= 0.6 is 22.9 Å². The molecule has 1 amide bonds. The average molecular weight is 642 g/mol. The Labute approximate surface area is 262 Å². The lowest BCUT2D eigenvalue weighted by Crippen LogP contribution is -2.36. The van der Waals surface area contributed by atoms with Crippen LogP contribution in [-0.4, -0.2) is 53.0 Å². The standard InChI is InChI=1S/C32H36ClN3O5S2/c1-20(2)41-26-17-22(16-25(19-26)36-10-12-40-13-11-36)32(3,4)21-14-23(33)18-24(15-21)34-31(37)30-29(35-43(5,38)39)27-8-6-7-9-28(27)42-30/h6-9,14-20,35H,10-13H2,1-5H3,(H,34,37). The van der Waals surface area contributed by atoms with E-state index in [-0.39, 0.29) is 16.7 Å². The third-order valence-corrected chi connectivity index (χ3v) is 9.29. The highest BCUT2D eigenvalue weighted by Crippen LogP contribution is 2.40. The number of thiophene rings is 1. The molecule has 0 atom stereocenters. The summed E-state index contributed by atoms with van der Waals surface area (Å²) < 4.78 is 39.3. The minimum atomic E-state index is -3.62. The van der Waals surface area contributed by atoms with Gasteiger partial charge in [0, 0.05) is 51.1 Å². The van der Waals surface area contributed by atoms with Crippen molar-refractivity contribution >= 4 is 66.0 Å². The predicted octanol–water partition coefficient (Wildman–Crippen LogP) is 7.13. The molecule has 2 heterocycles. The number of nitrogens with zero attached hydrogens (tertiary/aromatic N) is 1. The molecule has 11 heteroatoms. The normalized spacial score (nSPS) is 14.3. The van der Waals surface area contributed by atoms with Gasteiger partial charge in [0.25, 0.3) is 5.91 Å². The highest BCUT2D eigenvalue weighted by atomic mass is 35.5. The number of anilines is 3. The van der Waals surface area contributed by atoms with E-state index in [1.54, 1.807) is 18.2 Å². The van der Waals surface area contributed by atoms with E-state index in [9.17, 15) is 13.2 Å². The van der Waals surface area contributed by atoms with Crippen LogP contribution in [0.5, 0.6) is 5.75 Å². The van der Waals surface area contributed by atoms with Crippen LogP contribution in [0.25, 0.3) is 10.1 Å². The minimum absolute atomic E-state index is 0.0138. The SMILES string of the molecule is CC(C)Oc1cc(N2CCOCC2)cc(C(C)(C)c2cc(Cl)cc(NC(=O)c3sc4ccccc4c3NS(C)(=O)=O)c2)c1. The van der Waals surface area contributed by atoms with Gasteiger partial charge in [0.2, 0.25) is 10.0 Å². The van der Waals surface area contributed by atoms with E-state index in [2.05, 4.69) is 47.0 Å². The molecule has 1 saturated heterocycles. The summed E-state index contributed by atoms with van der Waals surface area (Å²) in [6.45, 7) is 11.2. The summed E-state index contributed by atoms with van der Waals surface area (Å²) in [7, 11) is -3.62. The number of benzene rings is 3. The Morgan fingerprint density at radius 3 is 2.44 bits per heavy atom. The van der Waals surface area contributed by atoms with Crippen LogP contribution in [0.2, 0.25) is 5.02 Å². The Balaban J connectivity index is 1.50. The molecule has 43 heavy (non-hydrogen) atoms. The smallest absolute Gasteiger partial charge is 0.267 e. The van der Waals surface area contributed by atoms with Gasteiger partial charge in [-0.1, -0.05) is 43.6 Å². The molecule has 2 N–H and O–H groups in total. The van der Waals surface area contributed by atoms with Crippen molar-refractivity contribution in [3.63, 3.8) is 0 Å². The number of rotatable bonds is 9. The quantitative estimate of drug-likeness (QED) is 0.202. The molecular weight excluding hydrogens is 606 g/mol. The lowest BCUT2D eigenvalue weighted by Gasteiger charge is -2.32. The number of carbonyl (C=O) groups is 1. The van der Waals surface area contributed by atoms with Crippen molar-refractivity contribution in [3.8, 4) is 5.75 Å². The second kappa shape index (κ2) is 12.4. The van der Waals surface area contributed by atoms with Crippen molar-refractivity contribution in [2.75, 3.05) is 47.5 Å². The molecule has 0 unspecified atom stereocenters. The summed E-state index contributed by atoms with van der Waals surface area (Å²) >= 11 is 7.85. The van der Waals surface area contributed by atoms with E-state index in [0.717, 1.165) is 46.6 Å². The molecule has 5 rings (SSSR count). The molecule has 0 radical (unpaired) electrons. The molecule has 8 nitrogen and oxygen atoms in total. The minimum Gasteiger partial charge on any atom is -0.491 e.